The number of hydrogen-bond acceptors (Lipinski definition) is 6. The number of aryl methyl sites for hydroxylation is 1. The van der Waals surface area contributed by atoms with E-state index in [1.807, 2.05) is 23.9 Å². The van der Waals surface area contributed by atoms with Crippen molar-refractivity contribution in [1.29, 1.82) is 0 Å². The van der Waals surface area contributed by atoms with Gasteiger partial charge in [-0.05, 0) is 25.7 Å². The van der Waals surface area contributed by atoms with E-state index in [-0.39, 0.29) is 23.7 Å². The number of anilines is 1. The Morgan fingerprint density at radius 2 is 1.89 bits per heavy atom. The van der Waals surface area contributed by atoms with Crippen LogP contribution >= 0.6 is 0 Å². The number of likely N-dealkylation sites (tertiary alicyclic amines) is 1. The van der Waals surface area contributed by atoms with Crippen LogP contribution in [0, 0.1) is 24.2 Å². The zero-order valence-electron chi connectivity index (χ0n) is 17.2. The summed E-state index contributed by atoms with van der Waals surface area (Å²) in [5, 5.41) is 8.11. The molecule has 28 heavy (non-hydrogen) atoms. The van der Waals surface area contributed by atoms with Crippen LogP contribution in [-0.4, -0.2) is 72.1 Å². The average molecular weight is 390 g/mol. The van der Waals surface area contributed by atoms with Gasteiger partial charge in [0.25, 0.3) is 0 Å². The molecule has 3 aliphatic rings. The Balaban J connectivity index is 1.60. The molecule has 3 fully saturated rings. The fraction of sp³-hybridized carbons (Fsp3) is 0.800. The van der Waals surface area contributed by atoms with Crippen molar-refractivity contribution in [2.75, 3.05) is 45.2 Å². The van der Waals surface area contributed by atoms with Crippen molar-refractivity contribution in [3.63, 3.8) is 0 Å². The van der Waals surface area contributed by atoms with Crippen molar-refractivity contribution in [1.82, 2.24) is 20.0 Å². The summed E-state index contributed by atoms with van der Waals surface area (Å²) in [5.74, 6) is 1.20. The summed E-state index contributed by atoms with van der Waals surface area (Å²) >= 11 is 0. The number of fused-ring (bicyclic) bond motifs is 1. The minimum absolute atomic E-state index is 0.0717. The third kappa shape index (κ3) is 3.26. The maximum absolute atomic E-state index is 13.3. The first-order chi connectivity index (χ1) is 13.4. The molecule has 2 aliphatic heterocycles. The predicted molar refractivity (Wildman–Crippen MR) is 104 cm³/mol. The molecule has 0 radical (unpaired) electrons. The van der Waals surface area contributed by atoms with Crippen LogP contribution in [0.2, 0.25) is 0 Å². The average Bonchev–Trinajstić information content (AvgIpc) is 3.39. The smallest absolute Gasteiger partial charge is 0.318 e. The predicted octanol–water partition coefficient (Wildman–Crippen LogP) is 1.70. The summed E-state index contributed by atoms with van der Waals surface area (Å²) < 4.78 is 5.64. The second-order valence-electron chi connectivity index (χ2n) is 8.91. The first-order valence-corrected chi connectivity index (χ1v) is 10.5. The van der Waals surface area contributed by atoms with Crippen LogP contribution in [-0.2, 0) is 9.59 Å². The minimum Gasteiger partial charge on any atom is -0.408 e. The van der Waals surface area contributed by atoms with Gasteiger partial charge in [-0.25, -0.2) is 0 Å². The zero-order valence-corrected chi connectivity index (χ0v) is 17.2. The van der Waals surface area contributed by atoms with Crippen molar-refractivity contribution < 1.29 is 14.0 Å². The molecule has 1 aromatic heterocycles. The van der Waals surface area contributed by atoms with E-state index in [0.717, 1.165) is 45.1 Å². The highest BCUT2D eigenvalue weighted by molar-refractivity contribution is 5.85. The molecule has 1 aliphatic carbocycles. The maximum Gasteiger partial charge on any atom is 0.318 e. The van der Waals surface area contributed by atoms with Gasteiger partial charge in [0.15, 0.2) is 0 Å². The van der Waals surface area contributed by atoms with Crippen LogP contribution in [0.1, 0.15) is 44.4 Å². The van der Waals surface area contributed by atoms with Gasteiger partial charge in [-0.3, -0.25) is 9.59 Å². The number of amides is 2. The summed E-state index contributed by atoms with van der Waals surface area (Å²) in [6.07, 6.45) is 5.96. The minimum atomic E-state index is -0.503. The highest BCUT2D eigenvalue weighted by Gasteiger charge is 2.55. The van der Waals surface area contributed by atoms with Crippen LogP contribution in [0.15, 0.2) is 4.42 Å². The van der Waals surface area contributed by atoms with Gasteiger partial charge in [0, 0.05) is 59.0 Å². The highest BCUT2D eigenvalue weighted by atomic mass is 16.4. The van der Waals surface area contributed by atoms with Crippen LogP contribution in [0.5, 0.6) is 0 Å². The standard InChI is InChI=1S/C20H31N5O3/c1-14-21-22-19(28-14)25-12-16-11-24(17(26)15-7-4-5-8-15)10-6-9-20(16,13-25)18(27)23(2)3/h15-16H,4-13H2,1-3H3/t16-,20-/m0/s1. The number of nitrogens with zero attached hydrogens (tertiary/aromatic N) is 5. The molecular weight excluding hydrogens is 358 g/mol. The van der Waals surface area contributed by atoms with Crippen molar-refractivity contribution in [3.05, 3.63) is 5.89 Å². The summed E-state index contributed by atoms with van der Waals surface area (Å²) in [5.41, 5.74) is -0.503. The number of rotatable bonds is 3. The fourth-order valence-electron chi connectivity index (χ4n) is 5.42. The monoisotopic (exact) mass is 389 g/mol. The molecule has 1 aromatic rings. The zero-order chi connectivity index (χ0) is 19.9. The molecule has 1 saturated carbocycles. The van der Waals surface area contributed by atoms with Crippen LogP contribution in [0.25, 0.3) is 0 Å². The third-order valence-corrected chi connectivity index (χ3v) is 6.82. The quantitative estimate of drug-likeness (QED) is 0.783. The normalized spacial score (nSPS) is 28.3. The second-order valence-corrected chi connectivity index (χ2v) is 8.91. The van der Waals surface area contributed by atoms with E-state index in [9.17, 15) is 9.59 Å². The van der Waals surface area contributed by atoms with E-state index in [1.165, 1.54) is 0 Å². The summed E-state index contributed by atoms with van der Waals surface area (Å²) in [6.45, 7) is 4.40. The number of carbonyl (C=O) groups is 2. The van der Waals surface area contributed by atoms with Gasteiger partial charge in [-0.2, -0.15) is 0 Å². The first-order valence-electron chi connectivity index (χ1n) is 10.5. The van der Waals surface area contributed by atoms with Crippen molar-refractivity contribution in [2.24, 2.45) is 17.3 Å². The lowest BCUT2D eigenvalue weighted by Crippen LogP contribution is -2.48. The van der Waals surface area contributed by atoms with Gasteiger partial charge in [-0.1, -0.05) is 17.9 Å². The van der Waals surface area contributed by atoms with Crippen molar-refractivity contribution in [3.8, 4) is 0 Å². The number of hydrogen-bond donors (Lipinski definition) is 0. The molecule has 0 bridgehead atoms. The molecule has 3 heterocycles. The maximum atomic E-state index is 13.3. The Kier molecular flexibility index (Phi) is 5.05. The van der Waals surface area contributed by atoms with Crippen LogP contribution < -0.4 is 4.90 Å². The molecule has 0 N–H and O–H groups in total. The van der Waals surface area contributed by atoms with Gasteiger partial charge in [0.05, 0.1) is 5.41 Å². The van der Waals surface area contributed by atoms with Crippen molar-refractivity contribution >= 4 is 17.8 Å². The van der Waals surface area contributed by atoms with E-state index in [2.05, 4.69) is 10.2 Å². The molecule has 0 unspecified atom stereocenters. The molecular formula is C20H31N5O3. The molecule has 8 nitrogen and oxygen atoms in total. The van der Waals surface area contributed by atoms with Gasteiger partial charge in [-0.15, -0.1) is 5.10 Å². The molecule has 8 heteroatoms. The van der Waals surface area contributed by atoms with Crippen LogP contribution in [0.4, 0.5) is 6.01 Å². The molecule has 2 amide bonds. The summed E-state index contributed by atoms with van der Waals surface area (Å²) in [6, 6.07) is 0.477. The van der Waals surface area contributed by atoms with E-state index < -0.39 is 5.41 Å². The molecule has 2 atom stereocenters. The van der Waals surface area contributed by atoms with Crippen LogP contribution in [0.3, 0.4) is 0 Å². The lowest BCUT2D eigenvalue weighted by Gasteiger charge is -2.34. The lowest BCUT2D eigenvalue weighted by atomic mass is 9.74. The Morgan fingerprint density at radius 3 is 2.54 bits per heavy atom. The van der Waals surface area contributed by atoms with Gasteiger partial charge >= 0.3 is 6.01 Å². The second kappa shape index (κ2) is 7.37. The Labute approximate surface area is 166 Å². The Bertz CT molecular complexity index is 742. The number of aromatic nitrogens is 2. The number of carbonyl (C=O) groups excluding carboxylic acids is 2. The largest absolute Gasteiger partial charge is 0.408 e. The third-order valence-electron chi connectivity index (χ3n) is 6.82. The first kappa shape index (κ1) is 19.2. The van der Waals surface area contributed by atoms with Gasteiger partial charge in [0.1, 0.15) is 0 Å². The highest BCUT2D eigenvalue weighted by Crippen LogP contribution is 2.45. The van der Waals surface area contributed by atoms with E-state index in [0.29, 0.717) is 31.5 Å². The van der Waals surface area contributed by atoms with Gasteiger partial charge < -0.3 is 19.1 Å². The fourth-order valence-corrected chi connectivity index (χ4v) is 5.42. The Hall–Kier alpha value is -2.12. The SMILES string of the molecule is Cc1nnc(N2C[C@@H]3CN(C(=O)C4CCCC4)CCC[C@]3(C(=O)N(C)C)C2)o1. The van der Waals surface area contributed by atoms with E-state index in [1.54, 1.807) is 11.8 Å². The van der Waals surface area contributed by atoms with Gasteiger partial charge in [0.2, 0.25) is 17.7 Å². The molecule has 0 aromatic carbocycles. The molecule has 2 saturated heterocycles. The molecule has 4 rings (SSSR count). The Morgan fingerprint density at radius 1 is 1.14 bits per heavy atom. The molecule has 154 valence electrons. The van der Waals surface area contributed by atoms with E-state index in [4.69, 9.17) is 4.42 Å². The van der Waals surface area contributed by atoms with E-state index >= 15 is 0 Å². The topological polar surface area (TPSA) is 82.8 Å². The summed E-state index contributed by atoms with van der Waals surface area (Å²) in [7, 11) is 3.64. The van der Waals surface area contributed by atoms with Crippen molar-refractivity contribution in [2.45, 2.75) is 45.4 Å². The lowest BCUT2D eigenvalue weighted by molar-refractivity contribution is -0.142. The molecule has 0 spiro atoms. The summed E-state index contributed by atoms with van der Waals surface area (Å²) in [4.78, 5) is 32.2.